The molecule has 0 N–H and O–H groups in total. The van der Waals surface area contributed by atoms with Crippen LogP contribution in [0.3, 0.4) is 0 Å². The number of methoxy groups -OCH3 is 1. The zero-order chi connectivity index (χ0) is 22.9. The molecule has 0 bridgehead atoms. The molecular formula is C23H21N3O4S2. The van der Waals surface area contributed by atoms with E-state index < -0.39 is 15.9 Å². The Labute approximate surface area is 189 Å². The summed E-state index contributed by atoms with van der Waals surface area (Å²) in [7, 11) is 1.16. The molecule has 164 valence electrons. The van der Waals surface area contributed by atoms with E-state index in [1.54, 1.807) is 31.4 Å². The second-order valence-electron chi connectivity index (χ2n) is 7.00. The molecule has 0 aliphatic rings. The molecule has 0 aliphatic heterocycles. The van der Waals surface area contributed by atoms with Gasteiger partial charge in [-0.05, 0) is 48.5 Å². The number of nitrogens with zero attached hydrogens (tertiary/aromatic N) is 3. The number of carbonyl (C=O) groups excluding carboxylic acids is 1. The van der Waals surface area contributed by atoms with Crippen LogP contribution in [0.1, 0.15) is 10.4 Å². The maximum absolute atomic E-state index is 12.9. The number of aromatic nitrogens is 1. The molecule has 9 heteroatoms. The van der Waals surface area contributed by atoms with Crippen molar-refractivity contribution in [3.8, 4) is 5.75 Å². The highest BCUT2D eigenvalue weighted by Gasteiger charge is 2.21. The molecule has 1 amide bonds. The molecule has 0 saturated heterocycles. The van der Waals surface area contributed by atoms with Gasteiger partial charge in [0.15, 0.2) is 4.80 Å². The first-order valence-electron chi connectivity index (χ1n) is 9.68. The van der Waals surface area contributed by atoms with Crippen molar-refractivity contribution in [1.82, 2.24) is 4.57 Å². The smallest absolute Gasteiger partial charge is 0.279 e. The molecule has 0 atom stereocenters. The molecule has 0 saturated carbocycles. The fourth-order valence-corrected chi connectivity index (χ4v) is 5.53. The molecule has 0 radical (unpaired) electrons. The first kappa shape index (κ1) is 21.8. The fraction of sp³-hybridized carbons (Fsp3) is 0.130. The summed E-state index contributed by atoms with van der Waals surface area (Å²) < 4.78 is 35.2. The van der Waals surface area contributed by atoms with Crippen molar-refractivity contribution in [2.75, 3.05) is 18.5 Å². The van der Waals surface area contributed by atoms with Crippen LogP contribution < -0.4 is 13.8 Å². The van der Waals surface area contributed by atoms with Crippen molar-refractivity contribution in [2.24, 2.45) is 12.0 Å². The number of anilines is 1. The minimum Gasteiger partial charge on any atom is -0.495 e. The topological polar surface area (TPSA) is 81.0 Å². The third kappa shape index (κ3) is 3.92. The lowest BCUT2D eigenvalue weighted by molar-refractivity contribution is 0.0998. The van der Waals surface area contributed by atoms with Crippen molar-refractivity contribution >= 4 is 43.2 Å². The number of rotatable bonds is 5. The summed E-state index contributed by atoms with van der Waals surface area (Å²) in [4.78, 5) is 17.6. The van der Waals surface area contributed by atoms with Gasteiger partial charge in [0.25, 0.3) is 15.9 Å². The zero-order valence-electron chi connectivity index (χ0n) is 17.7. The predicted octanol–water partition coefficient (Wildman–Crippen LogP) is 3.81. The van der Waals surface area contributed by atoms with E-state index in [0.717, 1.165) is 10.2 Å². The van der Waals surface area contributed by atoms with E-state index in [0.29, 0.717) is 21.8 Å². The third-order valence-electron chi connectivity index (χ3n) is 5.08. The van der Waals surface area contributed by atoms with Crippen molar-refractivity contribution in [1.29, 1.82) is 0 Å². The van der Waals surface area contributed by atoms with E-state index in [1.165, 1.54) is 47.0 Å². The number of hydrogen-bond acceptors (Lipinski definition) is 5. The Kier molecular flexibility index (Phi) is 5.86. The lowest BCUT2D eigenvalue weighted by Crippen LogP contribution is -2.26. The summed E-state index contributed by atoms with van der Waals surface area (Å²) in [5.74, 6) is 0.249. The van der Waals surface area contributed by atoms with Crippen LogP contribution in [0.5, 0.6) is 5.75 Å². The molecule has 32 heavy (non-hydrogen) atoms. The van der Waals surface area contributed by atoms with Gasteiger partial charge < -0.3 is 9.30 Å². The van der Waals surface area contributed by atoms with Crippen LogP contribution >= 0.6 is 11.3 Å². The van der Waals surface area contributed by atoms with Crippen LogP contribution in [0.15, 0.2) is 82.7 Å². The first-order valence-corrected chi connectivity index (χ1v) is 11.9. The highest BCUT2D eigenvalue weighted by Crippen LogP contribution is 2.26. The average molecular weight is 468 g/mol. The number of para-hydroxylation sites is 2. The van der Waals surface area contributed by atoms with Gasteiger partial charge in [-0.25, -0.2) is 8.42 Å². The minimum atomic E-state index is -3.75. The van der Waals surface area contributed by atoms with Gasteiger partial charge in [0.05, 0.1) is 22.4 Å². The quantitative estimate of drug-likeness (QED) is 0.447. The first-order chi connectivity index (χ1) is 15.3. The normalized spacial score (nSPS) is 12.2. The maximum Gasteiger partial charge on any atom is 0.279 e. The van der Waals surface area contributed by atoms with E-state index in [-0.39, 0.29) is 4.90 Å². The van der Waals surface area contributed by atoms with Crippen molar-refractivity contribution in [2.45, 2.75) is 4.90 Å². The fourth-order valence-electron chi connectivity index (χ4n) is 3.30. The SMILES string of the molecule is COc1cccc2sc(=NC(=O)c3ccc(S(=O)(=O)N(C)c4ccccc4)cc3)n(C)c12. The van der Waals surface area contributed by atoms with E-state index in [9.17, 15) is 13.2 Å². The van der Waals surface area contributed by atoms with Gasteiger partial charge in [-0.15, -0.1) is 0 Å². The standard InChI is InChI=1S/C23H21N3O4S2/c1-25-21-19(30-3)10-7-11-20(21)31-23(25)24-22(27)16-12-14-18(15-13-16)32(28,29)26(2)17-8-5-4-6-9-17/h4-15H,1-3H3. The van der Waals surface area contributed by atoms with Crippen LogP contribution in [0.4, 0.5) is 5.69 Å². The van der Waals surface area contributed by atoms with Gasteiger partial charge in [0.1, 0.15) is 11.3 Å². The number of aryl methyl sites for hydroxylation is 1. The zero-order valence-corrected chi connectivity index (χ0v) is 19.4. The van der Waals surface area contributed by atoms with Gasteiger partial charge in [-0.3, -0.25) is 9.10 Å². The van der Waals surface area contributed by atoms with E-state index in [4.69, 9.17) is 4.74 Å². The van der Waals surface area contributed by atoms with E-state index >= 15 is 0 Å². The van der Waals surface area contributed by atoms with Crippen molar-refractivity contribution in [3.05, 3.63) is 83.2 Å². The lowest BCUT2D eigenvalue weighted by Gasteiger charge is -2.19. The van der Waals surface area contributed by atoms with Crippen molar-refractivity contribution < 1.29 is 17.9 Å². The molecule has 1 aromatic heterocycles. The number of ether oxygens (including phenoxy) is 1. The molecule has 3 aromatic carbocycles. The van der Waals surface area contributed by atoms with Crippen LogP contribution in [0, 0.1) is 0 Å². The summed E-state index contributed by atoms with van der Waals surface area (Å²) in [5, 5.41) is 0. The molecule has 1 heterocycles. The second kappa shape index (κ2) is 8.60. The summed E-state index contributed by atoms with van der Waals surface area (Å²) in [6.45, 7) is 0. The van der Waals surface area contributed by atoms with E-state index in [2.05, 4.69) is 4.99 Å². The van der Waals surface area contributed by atoms with Crippen LogP contribution in [0.2, 0.25) is 0 Å². The average Bonchev–Trinajstić information content (AvgIpc) is 3.14. The number of sulfonamides is 1. The number of benzene rings is 3. The number of thiazole rings is 1. The predicted molar refractivity (Wildman–Crippen MR) is 126 cm³/mol. The summed E-state index contributed by atoms with van der Waals surface area (Å²) >= 11 is 1.38. The minimum absolute atomic E-state index is 0.0950. The number of amides is 1. The Morgan fingerprint density at radius 1 is 1.00 bits per heavy atom. The lowest BCUT2D eigenvalue weighted by atomic mass is 10.2. The van der Waals surface area contributed by atoms with Gasteiger partial charge in [0, 0.05) is 19.7 Å². The van der Waals surface area contributed by atoms with Gasteiger partial charge in [0.2, 0.25) is 0 Å². The highest BCUT2D eigenvalue weighted by atomic mass is 32.2. The van der Waals surface area contributed by atoms with E-state index in [1.807, 2.05) is 35.9 Å². The Morgan fingerprint density at radius 3 is 2.34 bits per heavy atom. The largest absolute Gasteiger partial charge is 0.495 e. The summed E-state index contributed by atoms with van der Waals surface area (Å²) in [6, 6.07) is 20.3. The van der Waals surface area contributed by atoms with Gasteiger partial charge in [-0.1, -0.05) is 35.6 Å². The molecule has 4 rings (SSSR count). The Morgan fingerprint density at radius 2 is 1.69 bits per heavy atom. The van der Waals surface area contributed by atoms with Gasteiger partial charge >= 0.3 is 0 Å². The molecule has 4 aromatic rings. The van der Waals surface area contributed by atoms with Gasteiger partial charge in [-0.2, -0.15) is 4.99 Å². The van der Waals surface area contributed by atoms with Crippen molar-refractivity contribution in [3.63, 3.8) is 0 Å². The number of carbonyl (C=O) groups is 1. The van der Waals surface area contributed by atoms with Crippen LogP contribution in [-0.4, -0.2) is 33.0 Å². The highest BCUT2D eigenvalue weighted by molar-refractivity contribution is 7.92. The Balaban J connectivity index is 1.64. The summed E-state index contributed by atoms with van der Waals surface area (Å²) in [6.07, 6.45) is 0. The van der Waals surface area contributed by atoms with Crippen LogP contribution in [0.25, 0.3) is 10.2 Å². The molecular weight excluding hydrogens is 446 g/mol. The molecule has 0 aliphatic carbocycles. The number of fused-ring (bicyclic) bond motifs is 1. The summed E-state index contributed by atoms with van der Waals surface area (Å²) in [5.41, 5.74) is 1.71. The second-order valence-corrected chi connectivity index (χ2v) is 9.98. The van der Waals surface area contributed by atoms with Crippen LogP contribution in [-0.2, 0) is 17.1 Å². The maximum atomic E-state index is 12.9. The number of hydrogen-bond donors (Lipinski definition) is 0. The molecule has 0 spiro atoms. The Hall–Kier alpha value is -3.43. The molecule has 7 nitrogen and oxygen atoms in total. The monoisotopic (exact) mass is 467 g/mol. The Bertz CT molecular complexity index is 1450. The molecule has 0 unspecified atom stereocenters. The third-order valence-corrected chi connectivity index (χ3v) is 7.98. The molecule has 0 fully saturated rings.